The molecule has 0 saturated carbocycles. The topological polar surface area (TPSA) is 118 Å². The first-order chi connectivity index (χ1) is 17.8. The second-order valence-electron chi connectivity index (χ2n) is 7.24. The molecule has 0 aliphatic rings. The van der Waals surface area contributed by atoms with Crippen LogP contribution in [0.5, 0.6) is 11.5 Å². The maximum absolute atomic E-state index is 13.6. The van der Waals surface area contributed by atoms with Crippen LogP contribution < -0.4 is 25.5 Å². The van der Waals surface area contributed by atoms with Gasteiger partial charge in [-0.1, -0.05) is 23.7 Å². The molecule has 0 aliphatic carbocycles. The zero-order valence-electron chi connectivity index (χ0n) is 19.4. The molecule has 192 valence electrons. The fourth-order valence-electron chi connectivity index (χ4n) is 2.89. The highest BCUT2D eigenvalue weighted by atomic mass is 127. The Morgan fingerprint density at radius 2 is 1.76 bits per heavy atom. The molecule has 0 spiro atoms. The minimum Gasteiger partial charge on any atom is -0.490 e. The van der Waals surface area contributed by atoms with E-state index in [1.54, 1.807) is 43.3 Å². The van der Waals surface area contributed by atoms with Gasteiger partial charge in [0.1, 0.15) is 5.82 Å². The smallest absolute Gasteiger partial charge is 0.329 e. The highest BCUT2D eigenvalue weighted by molar-refractivity contribution is 14.1. The van der Waals surface area contributed by atoms with Crippen LogP contribution in [0, 0.1) is 9.39 Å². The molecule has 3 rings (SSSR count). The average molecular weight is 639 g/mol. The third-order valence-corrected chi connectivity index (χ3v) is 5.57. The monoisotopic (exact) mass is 638 g/mol. The van der Waals surface area contributed by atoms with E-state index in [2.05, 4.69) is 21.2 Å². The summed E-state index contributed by atoms with van der Waals surface area (Å²) in [5.74, 6) is -2.48. The lowest BCUT2D eigenvalue weighted by molar-refractivity contribution is -0.136. The summed E-state index contributed by atoms with van der Waals surface area (Å²) < 4.78 is 25.6. The van der Waals surface area contributed by atoms with Crippen LogP contribution in [-0.4, -0.2) is 37.1 Å². The van der Waals surface area contributed by atoms with Crippen LogP contribution in [0.1, 0.15) is 12.5 Å². The molecular formula is C25H21ClFIN4O5. The van der Waals surface area contributed by atoms with E-state index >= 15 is 0 Å². The number of carbonyl (C=O) groups excluding carboxylic acids is 3. The fraction of sp³-hybridized carbons (Fsp3) is 0.120. The van der Waals surface area contributed by atoms with Crippen molar-refractivity contribution in [3.05, 3.63) is 80.6 Å². The van der Waals surface area contributed by atoms with Gasteiger partial charge in [0.25, 0.3) is 5.91 Å². The molecule has 0 atom stereocenters. The number of hydrogen-bond acceptors (Lipinski definition) is 6. The number of anilines is 2. The fourth-order valence-corrected chi connectivity index (χ4v) is 3.80. The van der Waals surface area contributed by atoms with Crippen LogP contribution in [-0.2, 0) is 14.4 Å². The minimum absolute atomic E-state index is 0.125. The molecule has 0 bridgehead atoms. The summed E-state index contributed by atoms with van der Waals surface area (Å²) in [5, 5.41) is 9.20. The maximum Gasteiger partial charge on any atom is 0.329 e. The van der Waals surface area contributed by atoms with Crippen molar-refractivity contribution >= 4 is 69.5 Å². The quantitative estimate of drug-likeness (QED) is 0.137. The van der Waals surface area contributed by atoms with E-state index in [9.17, 15) is 18.8 Å². The van der Waals surface area contributed by atoms with Gasteiger partial charge < -0.3 is 20.1 Å². The van der Waals surface area contributed by atoms with Gasteiger partial charge in [-0.05, 0) is 83.6 Å². The summed E-state index contributed by atoms with van der Waals surface area (Å²) >= 11 is 7.87. The predicted molar refractivity (Wildman–Crippen MR) is 147 cm³/mol. The van der Waals surface area contributed by atoms with Gasteiger partial charge in [0, 0.05) is 10.7 Å². The highest BCUT2D eigenvalue weighted by Crippen LogP contribution is 2.34. The summed E-state index contributed by atoms with van der Waals surface area (Å²) in [6, 6.07) is 15.4. The van der Waals surface area contributed by atoms with Gasteiger partial charge in [-0.25, -0.2) is 9.82 Å². The normalized spacial score (nSPS) is 10.6. The molecule has 12 heteroatoms. The predicted octanol–water partition coefficient (Wildman–Crippen LogP) is 4.59. The Balaban J connectivity index is 1.61. The van der Waals surface area contributed by atoms with Crippen LogP contribution in [0.4, 0.5) is 15.8 Å². The van der Waals surface area contributed by atoms with E-state index in [-0.39, 0.29) is 18.2 Å². The maximum atomic E-state index is 13.6. The molecule has 0 radical (unpaired) electrons. The van der Waals surface area contributed by atoms with Crippen LogP contribution in [0.15, 0.2) is 65.8 Å². The van der Waals surface area contributed by atoms with Crippen molar-refractivity contribution in [1.82, 2.24) is 5.43 Å². The Morgan fingerprint density at radius 3 is 2.46 bits per heavy atom. The molecule has 0 saturated heterocycles. The van der Waals surface area contributed by atoms with E-state index in [0.29, 0.717) is 37.9 Å². The van der Waals surface area contributed by atoms with Crippen LogP contribution in [0.25, 0.3) is 0 Å². The number of hydrogen-bond donors (Lipinski definition) is 3. The molecule has 37 heavy (non-hydrogen) atoms. The lowest BCUT2D eigenvalue weighted by atomic mass is 10.2. The van der Waals surface area contributed by atoms with E-state index in [1.807, 2.05) is 22.6 Å². The molecule has 3 amide bonds. The molecular weight excluding hydrogens is 618 g/mol. The van der Waals surface area contributed by atoms with Crippen molar-refractivity contribution in [3.8, 4) is 11.5 Å². The zero-order valence-corrected chi connectivity index (χ0v) is 22.3. The van der Waals surface area contributed by atoms with Crippen LogP contribution in [0.3, 0.4) is 0 Å². The summed E-state index contributed by atoms with van der Waals surface area (Å²) in [6.07, 6.45) is 1.30. The van der Waals surface area contributed by atoms with Crippen molar-refractivity contribution in [2.24, 2.45) is 5.10 Å². The van der Waals surface area contributed by atoms with Gasteiger partial charge in [-0.2, -0.15) is 5.10 Å². The van der Waals surface area contributed by atoms with Crippen molar-refractivity contribution in [3.63, 3.8) is 0 Å². The van der Waals surface area contributed by atoms with Gasteiger partial charge in [0.2, 0.25) is 0 Å². The second-order valence-corrected chi connectivity index (χ2v) is 8.84. The number of nitrogens with zero attached hydrogens (tertiary/aromatic N) is 1. The molecule has 9 nitrogen and oxygen atoms in total. The SMILES string of the molecule is CCOc1cc(/C=N\NC(=O)C(=O)Nc2ccccc2F)cc(I)c1OCC(=O)Nc1ccc(Cl)cc1. The lowest BCUT2D eigenvalue weighted by Crippen LogP contribution is -2.32. The van der Waals surface area contributed by atoms with Crippen molar-refractivity contribution in [2.45, 2.75) is 6.92 Å². The van der Waals surface area contributed by atoms with Crippen LogP contribution >= 0.6 is 34.2 Å². The van der Waals surface area contributed by atoms with Gasteiger partial charge in [-0.3, -0.25) is 14.4 Å². The van der Waals surface area contributed by atoms with Crippen LogP contribution in [0.2, 0.25) is 5.02 Å². The van der Waals surface area contributed by atoms with Gasteiger partial charge in [0.15, 0.2) is 18.1 Å². The molecule has 0 heterocycles. The number of hydrazone groups is 1. The van der Waals surface area contributed by atoms with E-state index in [0.717, 1.165) is 6.07 Å². The highest BCUT2D eigenvalue weighted by Gasteiger charge is 2.16. The molecule has 3 aromatic carbocycles. The zero-order chi connectivity index (χ0) is 26.8. The number of para-hydroxylation sites is 1. The first kappa shape index (κ1) is 27.9. The van der Waals surface area contributed by atoms with Crippen molar-refractivity contribution in [2.75, 3.05) is 23.8 Å². The second kappa shape index (κ2) is 13.6. The number of ether oxygens (including phenoxy) is 2. The Labute approximate surface area is 230 Å². The Kier molecular flexibility index (Phi) is 10.2. The first-order valence-corrected chi connectivity index (χ1v) is 12.3. The largest absolute Gasteiger partial charge is 0.490 e. The van der Waals surface area contributed by atoms with Crippen molar-refractivity contribution in [1.29, 1.82) is 0 Å². The summed E-state index contributed by atoms with van der Waals surface area (Å²) in [7, 11) is 0. The molecule has 3 N–H and O–H groups in total. The van der Waals surface area contributed by atoms with Gasteiger partial charge >= 0.3 is 11.8 Å². The van der Waals surface area contributed by atoms with Gasteiger partial charge in [0.05, 0.1) is 22.1 Å². The molecule has 0 fully saturated rings. The third kappa shape index (κ3) is 8.43. The molecule has 0 aromatic heterocycles. The third-order valence-electron chi connectivity index (χ3n) is 4.52. The number of halogens is 3. The van der Waals surface area contributed by atoms with E-state index in [4.69, 9.17) is 21.1 Å². The number of rotatable bonds is 9. The van der Waals surface area contributed by atoms with E-state index in [1.165, 1.54) is 24.4 Å². The first-order valence-electron chi connectivity index (χ1n) is 10.8. The molecule has 0 aliphatic heterocycles. The number of benzene rings is 3. The Bertz CT molecular complexity index is 1320. The summed E-state index contributed by atoms with van der Waals surface area (Å²) in [5.41, 5.74) is 3.06. The molecule has 0 unspecified atom stereocenters. The van der Waals surface area contributed by atoms with Crippen molar-refractivity contribution < 1.29 is 28.2 Å². The van der Waals surface area contributed by atoms with E-state index < -0.39 is 17.6 Å². The standard InChI is InChI=1S/C25H21ClFIN4O5/c1-2-36-21-12-15(13-29-32-25(35)24(34)31-20-6-4-3-5-18(20)27)11-19(28)23(21)37-14-22(33)30-17-9-7-16(26)8-10-17/h3-13H,2,14H2,1H3,(H,30,33)(H,31,34)(H,32,35)/b29-13-. The Morgan fingerprint density at radius 1 is 1.03 bits per heavy atom. The minimum atomic E-state index is -1.08. The average Bonchev–Trinajstić information content (AvgIpc) is 2.86. The molecule has 3 aromatic rings. The number of carbonyl (C=O) groups is 3. The summed E-state index contributed by atoms with van der Waals surface area (Å²) in [6.45, 7) is 1.86. The lowest BCUT2D eigenvalue weighted by Gasteiger charge is -2.14. The summed E-state index contributed by atoms with van der Waals surface area (Å²) in [4.78, 5) is 36.2. The Hall–Kier alpha value is -3.71. The number of amides is 3. The number of nitrogens with one attached hydrogen (secondary N) is 3. The van der Waals surface area contributed by atoms with Gasteiger partial charge in [-0.15, -0.1) is 0 Å².